The molecule has 3 aromatic rings. The second kappa shape index (κ2) is 7.93. The zero-order valence-corrected chi connectivity index (χ0v) is 16.4. The SMILES string of the molecule is CCNc1nc(SC(C)C(=O)Nc2ccc3c(c2)OCO3)nc2ccccc12. The van der Waals surface area contributed by atoms with Gasteiger partial charge in [0, 0.05) is 23.7 Å². The summed E-state index contributed by atoms with van der Waals surface area (Å²) in [6, 6.07) is 13.2. The number of rotatable bonds is 6. The average molecular weight is 396 g/mol. The quantitative estimate of drug-likeness (QED) is 0.483. The molecule has 0 saturated carbocycles. The molecule has 2 heterocycles. The van der Waals surface area contributed by atoms with Gasteiger partial charge in [0.25, 0.3) is 0 Å². The molecule has 144 valence electrons. The van der Waals surface area contributed by atoms with Crippen molar-refractivity contribution in [2.75, 3.05) is 24.0 Å². The van der Waals surface area contributed by atoms with Gasteiger partial charge in [-0.05, 0) is 38.1 Å². The molecule has 1 atom stereocenters. The summed E-state index contributed by atoms with van der Waals surface area (Å²) < 4.78 is 10.6. The lowest BCUT2D eigenvalue weighted by atomic mass is 10.2. The smallest absolute Gasteiger partial charge is 0.237 e. The molecule has 1 aliphatic rings. The highest BCUT2D eigenvalue weighted by atomic mass is 32.2. The van der Waals surface area contributed by atoms with Crippen molar-refractivity contribution in [3.8, 4) is 11.5 Å². The molecule has 28 heavy (non-hydrogen) atoms. The Morgan fingerprint density at radius 1 is 1.18 bits per heavy atom. The molecule has 8 heteroatoms. The maximum absolute atomic E-state index is 12.6. The summed E-state index contributed by atoms with van der Waals surface area (Å²) >= 11 is 1.32. The van der Waals surface area contributed by atoms with E-state index < -0.39 is 0 Å². The third-order valence-electron chi connectivity index (χ3n) is 4.22. The van der Waals surface area contributed by atoms with E-state index in [-0.39, 0.29) is 18.0 Å². The Balaban J connectivity index is 1.49. The van der Waals surface area contributed by atoms with E-state index >= 15 is 0 Å². The number of aromatic nitrogens is 2. The standard InChI is InChI=1S/C20H20N4O3S/c1-3-21-18-14-6-4-5-7-15(14)23-20(24-18)28-12(2)19(25)22-13-8-9-16-17(10-13)27-11-26-16/h4-10,12H,3,11H2,1-2H3,(H,22,25)(H,21,23,24). The van der Waals surface area contributed by atoms with Gasteiger partial charge in [-0.1, -0.05) is 23.9 Å². The number of hydrogen-bond acceptors (Lipinski definition) is 7. The van der Waals surface area contributed by atoms with E-state index in [1.165, 1.54) is 11.8 Å². The molecule has 0 bridgehead atoms. The number of ether oxygens (including phenoxy) is 2. The molecule has 4 rings (SSSR count). The number of thioether (sulfide) groups is 1. The van der Waals surface area contributed by atoms with Crippen LogP contribution in [0.1, 0.15) is 13.8 Å². The first-order valence-corrected chi connectivity index (χ1v) is 9.90. The lowest BCUT2D eigenvalue weighted by Crippen LogP contribution is -2.22. The molecule has 0 fully saturated rings. The molecule has 0 radical (unpaired) electrons. The maximum Gasteiger partial charge on any atom is 0.237 e. The van der Waals surface area contributed by atoms with Gasteiger partial charge in [0.1, 0.15) is 5.82 Å². The lowest BCUT2D eigenvalue weighted by molar-refractivity contribution is -0.115. The Hall–Kier alpha value is -3.00. The van der Waals surface area contributed by atoms with Gasteiger partial charge in [0.2, 0.25) is 12.7 Å². The minimum absolute atomic E-state index is 0.134. The number of carbonyl (C=O) groups is 1. The fraction of sp³-hybridized carbons (Fsp3) is 0.250. The van der Waals surface area contributed by atoms with E-state index in [0.717, 1.165) is 23.3 Å². The number of anilines is 2. The van der Waals surface area contributed by atoms with Crippen molar-refractivity contribution in [1.82, 2.24) is 9.97 Å². The van der Waals surface area contributed by atoms with Crippen LogP contribution in [0.25, 0.3) is 10.9 Å². The van der Waals surface area contributed by atoms with Crippen molar-refractivity contribution in [2.45, 2.75) is 24.3 Å². The zero-order valence-electron chi connectivity index (χ0n) is 15.6. The third-order valence-corrected chi connectivity index (χ3v) is 5.18. The minimum Gasteiger partial charge on any atom is -0.454 e. The highest BCUT2D eigenvalue weighted by Gasteiger charge is 2.19. The molecular weight excluding hydrogens is 376 g/mol. The first kappa shape index (κ1) is 18.4. The number of benzene rings is 2. The molecule has 0 aliphatic carbocycles. The van der Waals surface area contributed by atoms with Crippen LogP contribution in [0.4, 0.5) is 11.5 Å². The van der Waals surface area contributed by atoms with Crippen LogP contribution in [0, 0.1) is 0 Å². The van der Waals surface area contributed by atoms with Crippen LogP contribution < -0.4 is 20.1 Å². The van der Waals surface area contributed by atoms with E-state index in [1.807, 2.05) is 38.1 Å². The lowest BCUT2D eigenvalue weighted by Gasteiger charge is -2.13. The summed E-state index contributed by atoms with van der Waals surface area (Å²) in [6.45, 7) is 4.81. The van der Waals surface area contributed by atoms with E-state index in [1.54, 1.807) is 18.2 Å². The van der Waals surface area contributed by atoms with Gasteiger partial charge in [0.15, 0.2) is 16.7 Å². The van der Waals surface area contributed by atoms with Crippen LogP contribution in [0.3, 0.4) is 0 Å². The predicted molar refractivity (Wildman–Crippen MR) is 110 cm³/mol. The van der Waals surface area contributed by atoms with Crippen molar-refractivity contribution >= 4 is 40.1 Å². The van der Waals surface area contributed by atoms with Crippen LogP contribution >= 0.6 is 11.8 Å². The van der Waals surface area contributed by atoms with E-state index in [9.17, 15) is 4.79 Å². The van der Waals surface area contributed by atoms with Gasteiger partial charge in [0.05, 0.1) is 10.8 Å². The maximum atomic E-state index is 12.6. The highest BCUT2D eigenvalue weighted by molar-refractivity contribution is 8.00. The Morgan fingerprint density at radius 3 is 2.86 bits per heavy atom. The Morgan fingerprint density at radius 2 is 2.00 bits per heavy atom. The topological polar surface area (TPSA) is 85.4 Å². The number of fused-ring (bicyclic) bond motifs is 2. The zero-order chi connectivity index (χ0) is 19.5. The summed E-state index contributed by atoms with van der Waals surface area (Å²) in [5, 5.41) is 7.32. The third kappa shape index (κ3) is 3.82. The van der Waals surface area contributed by atoms with Crippen LogP contribution in [0.15, 0.2) is 47.6 Å². The second-order valence-corrected chi connectivity index (χ2v) is 7.53. The number of para-hydroxylation sites is 1. The van der Waals surface area contributed by atoms with Crippen molar-refractivity contribution in [2.24, 2.45) is 0 Å². The van der Waals surface area contributed by atoms with Gasteiger partial charge in [-0.15, -0.1) is 0 Å². The number of nitrogens with zero attached hydrogens (tertiary/aromatic N) is 2. The Labute approximate surface area is 166 Å². The number of nitrogens with one attached hydrogen (secondary N) is 2. The normalized spacial score (nSPS) is 13.4. The molecule has 1 aromatic heterocycles. The number of carbonyl (C=O) groups excluding carboxylic acids is 1. The van der Waals surface area contributed by atoms with Crippen molar-refractivity contribution in [3.63, 3.8) is 0 Å². The largest absolute Gasteiger partial charge is 0.454 e. The highest BCUT2D eigenvalue weighted by Crippen LogP contribution is 2.34. The molecular formula is C20H20N4O3S. The molecule has 1 aliphatic heterocycles. The van der Waals surface area contributed by atoms with Gasteiger partial charge in [-0.25, -0.2) is 9.97 Å². The molecule has 2 N–H and O–H groups in total. The molecule has 0 spiro atoms. The molecule has 0 saturated heterocycles. The van der Waals surface area contributed by atoms with E-state index in [0.29, 0.717) is 22.3 Å². The van der Waals surface area contributed by atoms with Crippen molar-refractivity contribution < 1.29 is 14.3 Å². The van der Waals surface area contributed by atoms with Gasteiger partial charge in [-0.2, -0.15) is 0 Å². The summed E-state index contributed by atoms with van der Waals surface area (Å²) in [4.78, 5) is 21.8. The van der Waals surface area contributed by atoms with Crippen molar-refractivity contribution in [3.05, 3.63) is 42.5 Å². The van der Waals surface area contributed by atoms with Gasteiger partial charge < -0.3 is 20.1 Å². The summed E-state index contributed by atoms with van der Waals surface area (Å²) in [5.74, 6) is 1.96. The van der Waals surface area contributed by atoms with Gasteiger partial charge >= 0.3 is 0 Å². The van der Waals surface area contributed by atoms with Crippen LogP contribution in [0.5, 0.6) is 11.5 Å². The summed E-state index contributed by atoms with van der Waals surface area (Å²) in [7, 11) is 0. The Bertz CT molecular complexity index is 1030. The molecule has 1 amide bonds. The summed E-state index contributed by atoms with van der Waals surface area (Å²) in [6.07, 6.45) is 0. The van der Waals surface area contributed by atoms with Gasteiger partial charge in [-0.3, -0.25) is 4.79 Å². The molecule has 7 nitrogen and oxygen atoms in total. The fourth-order valence-corrected chi connectivity index (χ4v) is 3.62. The minimum atomic E-state index is -0.374. The first-order valence-electron chi connectivity index (χ1n) is 9.02. The average Bonchev–Trinajstić information content (AvgIpc) is 3.16. The predicted octanol–water partition coefficient (Wildman–Crippen LogP) is 3.91. The van der Waals surface area contributed by atoms with Crippen LogP contribution in [-0.2, 0) is 4.79 Å². The monoisotopic (exact) mass is 396 g/mol. The van der Waals surface area contributed by atoms with Crippen molar-refractivity contribution in [1.29, 1.82) is 0 Å². The van der Waals surface area contributed by atoms with E-state index in [4.69, 9.17) is 9.47 Å². The fourth-order valence-electron chi connectivity index (χ4n) is 2.84. The van der Waals surface area contributed by atoms with Crippen LogP contribution in [0.2, 0.25) is 0 Å². The van der Waals surface area contributed by atoms with E-state index in [2.05, 4.69) is 20.6 Å². The molecule has 1 unspecified atom stereocenters. The Kier molecular flexibility index (Phi) is 5.21. The number of amides is 1. The van der Waals surface area contributed by atoms with Crippen LogP contribution in [-0.4, -0.2) is 34.5 Å². The first-order chi connectivity index (χ1) is 13.6. The number of hydrogen-bond donors (Lipinski definition) is 2. The summed E-state index contributed by atoms with van der Waals surface area (Å²) in [5.41, 5.74) is 1.51. The molecule has 2 aromatic carbocycles. The second-order valence-electron chi connectivity index (χ2n) is 6.22.